The lowest BCUT2D eigenvalue weighted by molar-refractivity contribution is 0.00848. The topological polar surface area (TPSA) is 49.3 Å². The molecule has 2 rings (SSSR count). The third-order valence-corrected chi connectivity index (χ3v) is 4.43. The maximum absolute atomic E-state index is 6.36. The minimum absolute atomic E-state index is 0.0672. The maximum Gasteiger partial charge on any atom is 0.125 e. The van der Waals surface area contributed by atoms with Crippen molar-refractivity contribution in [3.8, 4) is 11.5 Å². The average molecular weight is 361 g/mol. The van der Waals surface area contributed by atoms with Crippen LogP contribution in [0, 0.1) is 13.8 Å². The second-order valence-corrected chi connectivity index (χ2v) is 6.71. The molecule has 0 bridgehead atoms. The zero-order chi connectivity index (χ0) is 18.9. The number of nitrogens with zero attached hydrogens (tertiary/aromatic N) is 1. The Morgan fingerprint density at radius 2 is 1.88 bits per heavy atom. The molecule has 1 fully saturated rings. The molecule has 0 aromatic heterocycles. The summed E-state index contributed by atoms with van der Waals surface area (Å²) in [6.45, 7) is 9.05. The number of oxime groups is 1. The van der Waals surface area contributed by atoms with Crippen molar-refractivity contribution < 1.29 is 19.0 Å². The zero-order valence-electron chi connectivity index (χ0n) is 16.6. The maximum atomic E-state index is 6.36. The highest BCUT2D eigenvalue weighted by Gasteiger charge is 2.30. The van der Waals surface area contributed by atoms with Crippen LogP contribution in [0.25, 0.3) is 0 Å². The van der Waals surface area contributed by atoms with Crippen LogP contribution >= 0.6 is 0 Å². The summed E-state index contributed by atoms with van der Waals surface area (Å²) in [5.41, 5.74) is 3.00. The molecule has 1 saturated carbocycles. The van der Waals surface area contributed by atoms with E-state index >= 15 is 0 Å². The van der Waals surface area contributed by atoms with Gasteiger partial charge in [0.1, 0.15) is 31.3 Å². The monoisotopic (exact) mass is 361 g/mol. The molecule has 2 atom stereocenters. The molecule has 1 aromatic carbocycles. The highest BCUT2D eigenvalue weighted by molar-refractivity contribution is 5.82. The fourth-order valence-electron chi connectivity index (χ4n) is 3.20. The zero-order valence-corrected chi connectivity index (χ0v) is 16.6. The molecule has 5 heteroatoms. The number of hydrogen-bond donors (Lipinski definition) is 0. The predicted octanol–water partition coefficient (Wildman–Crippen LogP) is 4.60. The number of ether oxygens (including phenoxy) is 3. The van der Waals surface area contributed by atoms with E-state index in [0.717, 1.165) is 47.6 Å². The van der Waals surface area contributed by atoms with Gasteiger partial charge < -0.3 is 19.0 Å². The van der Waals surface area contributed by atoms with Crippen LogP contribution in [0.2, 0.25) is 0 Å². The van der Waals surface area contributed by atoms with Gasteiger partial charge in [0, 0.05) is 0 Å². The molecule has 0 N–H and O–H groups in total. The Bertz CT molecular complexity index is 616. The van der Waals surface area contributed by atoms with Gasteiger partial charge in [-0.15, -0.1) is 0 Å². The molecule has 0 spiro atoms. The molecular formula is C21H31NO4. The predicted molar refractivity (Wildman–Crippen MR) is 104 cm³/mol. The fourth-order valence-corrected chi connectivity index (χ4v) is 3.20. The number of rotatable bonds is 9. The average Bonchev–Trinajstić information content (AvgIpc) is 3.04. The van der Waals surface area contributed by atoms with Crippen LogP contribution in [-0.4, -0.2) is 38.2 Å². The van der Waals surface area contributed by atoms with E-state index in [4.69, 9.17) is 19.0 Å². The van der Waals surface area contributed by atoms with Crippen molar-refractivity contribution in [3.63, 3.8) is 0 Å². The van der Waals surface area contributed by atoms with Crippen molar-refractivity contribution in [2.24, 2.45) is 5.16 Å². The first-order valence-electron chi connectivity index (χ1n) is 9.25. The Morgan fingerprint density at radius 1 is 1.19 bits per heavy atom. The van der Waals surface area contributed by atoms with Crippen LogP contribution in [0.3, 0.4) is 0 Å². The van der Waals surface area contributed by atoms with Crippen molar-refractivity contribution in [3.05, 3.63) is 35.4 Å². The first-order valence-corrected chi connectivity index (χ1v) is 9.25. The van der Waals surface area contributed by atoms with Gasteiger partial charge in [0.25, 0.3) is 0 Å². The van der Waals surface area contributed by atoms with E-state index in [-0.39, 0.29) is 12.2 Å². The SMILES string of the molecule is C/C=C/COc1cc(C)c(OC2CCCC2OC/C(C)=N\OC)c(C)c1. The first kappa shape index (κ1) is 20.3. The van der Waals surface area contributed by atoms with Gasteiger partial charge in [-0.05, 0) is 70.2 Å². The van der Waals surface area contributed by atoms with Crippen LogP contribution in [0.4, 0.5) is 0 Å². The third kappa shape index (κ3) is 5.77. The van der Waals surface area contributed by atoms with Crippen molar-refractivity contribution in [2.45, 2.75) is 59.2 Å². The van der Waals surface area contributed by atoms with Crippen molar-refractivity contribution >= 4 is 5.71 Å². The molecule has 5 nitrogen and oxygen atoms in total. The van der Waals surface area contributed by atoms with Gasteiger partial charge in [0.2, 0.25) is 0 Å². The quantitative estimate of drug-likeness (QED) is 0.366. The van der Waals surface area contributed by atoms with Gasteiger partial charge in [0.15, 0.2) is 0 Å². The summed E-state index contributed by atoms with van der Waals surface area (Å²) in [5, 5.41) is 3.90. The van der Waals surface area contributed by atoms with E-state index in [0.29, 0.717) is 13.2 Å². The normalized spacial score (nSPS) is 20.6. The third-order valence-electron chi connectivity index (χ3n) is 4.43. The van der Waals surface area contributed by atoms with E-state index in [1.807, 2.05) is 38.1 Å². The second kappa shape index (κ2) is 10.2. The van der Waals surface area contributed by atoms with Gasteiger partial charge in [-0.1, -0.05) is 17.3 Å². The van der Waals surface area contributed by atoms with E-state index in [1.54, 1.807) is 7.11 Å². The molecule has 0 heterocycles. The summed E-state index contributed by atoms with van der Waals surface area (Å²) in [7, 11) is 1.54. The van der Waals surface area contributed by atoms with Gasteiger partial charge in [0.05, 0.1) is 18.4 Å². The van der Waals surface area contributed by atoms with Gasteiger partial charge in [-0.25, -0.2) is 0 Å². The number of aryl methyl sites for hydroxylation is 2. The van der Waals surface area contributed by atoms with Crippen LogP contribution in [-0.2, 0) is 9.57 Å². The van der Waals surface area contributed by atoms with Crippen LogP contribution in [0.15, 0.2) is 29.4 Å². The standard InChI is InChI=1S/C21H31NO4/c1-6-7-11-24-18-12-15(2)21(16(3)13-18)26-20-10-8-9-19(20)25-14-17(4)22-23-5/h6-7,12-13,19-20H,8-11,14H2,1-5H3/b7-6+,22-17-. The molecule has 0 amide bonds. The Balaban J connectivity index is 2.01. The summed E-state index contributed by atoms with van der Waals surface area (Å²) >= 11 is 0. The summed E-state index contributed by atoms with van der Waals surface area (Å²) in [5.74, 6) is 1.81. The molecule has 2 unspecified atom stereocenters. The number of allylic oxidation sites excluding steroid dienone is 1. The lowest BCUT2D eigenvalue weighted by atomic mass is 10.1. The Hall–Kier alpha value is -2.01. The lowest BCUT2D eigenvalue weighted by Gasteiger charge is -2.24. The Labute approximate surface area is 157 Å². The molecule has 0 saturated heterocycles. The first-order chi connectivity index (χ1) is 12.5. The van der Waals surface area contributed by atoms with E-state index in [9.17, 15) is 0 Å². The summed E-state index contributed by atoms with van der Waals surface area (Å²) < 4.78 is 18.1. The highest BCUT2D eigenvalue weighted by Crippen LogP contribution is 2.33. The minimum atomic E-state index is 0.0672. The van der Waals surface area contributed by atoms with Gasteiger partial charge in [-0.3, -0.25) is 0 Å². The Kier molecular flexibility index (Phi) is 7.98. The van der Waals surface area contributed by atoms with Crippen LogP contribution in [0.1, 0.15) is 44.2 Å². The summed E-state index contributed by atoms with van der Waals surface area (Å²) in [6, 6.07) is 4.07. The Morgan fingerprint density at radius 3 is 2.54 bits per heavy atom. The lowest BCUT2D eigenvalue weighted by Crippen LogP contribution is -2.30. The fraction of sp³-hybridized carbons (Fsp3) is 0.571. The summed E-state index contributed by atoms with van der Waals surface area (Å²) in [4.78, 5) is 4.78. The molecule has 1 aliphatic carbocycles. The molecule has 0 radical (unpaired) electrons. The molecule has 1 aliphatic rings. The van der Waals surface area contributed by atoms with Crippen LogP contribution < -0.4 is 9.47 Å². The van der Waals surface area contributed by atoms with Crippen molar-refractivity contribution in [1.82, 2.24) is 0 Å². The van der Waals surface area contributed by atoms with E-state index in [1.165, 1.54) is 0 Å². The van der Waals surface area contributed by atoms with Gasteiger partial charge in [-0.2, -0.15) is 0 Å². The van der Waals surface area contributed by atoms with E-state index in [2.05, 4.69) is 19.0 Å². The smallest absolute Gasteiger partial charge is 0.125 e. The molecule has 1 aromatic rings. The van der Waals surface area contributed by atoms with E-state index < -0.39 is 0 Å². The minimum Gasteiger partial charge on any atom is -0.490 e. The van der Waals surface area contributed by atoms with Crippen LogP contribution in [0.5, 0.6) is 11.5 Å². The van der Waals surface area contributed by atoms with Gasteiger partial charge >= 0.3 is 0 Å². The molecular weight excluding hydrogens is 330 g/mol. The number of hydrogen-bond acceptors (Lipinski definition) is 5. The largest absolute Gasteiger partial charge is 0.490 e. The van der Waals surface area contributed by atoms with Crippen molar-refractivity contribution in [2.75, 3.05) is 20.3 Å². The van der Waals surface area contributed by atoms with Crippen molar-refractivity contribution in [1.29, 1.82) is 0 Å². The second-order valence-electron chi connectivity index (χ2n) is 6.71. The molecule has 144 valence electrons. The molecule has 0 aliphatic heterocycles. The summed E-state index contributed by atoms with van der Waals surface area (Å²) in [6.07, 6.45) is 7.25. The molecule has 26 heavy (non-hydrogen) atoms. The number of benzene rings is 1. The highest BCUT2D eigenvalue weighted by atomic mass is 16.6.